The Labute approximate surface area is 267 Å². The van der Waals surface area contributed by atoms with E-state index in [-0.39, 0.29) is 24.6 Å². The van der Waals surface area contributed by atoms with Crippen molar-refractivity contribution in [1.82, 2.24) is 24.5 Å². The Balaban J connectivity index is 1.08. The van der Waals surface area contributed by atoms with E-state index in [1.54, 1.807) is 31.3 Å². The number of imidazole rings is 1. The van der Waals surface area contributed by atoms with Gasteiger partial charge < -0.3 is 23.9 Å². The van der Waals surface area contributed by atoms with Gasteiger partial charge in [0.05, 0.1) is 50.0 Å². The van der Waals surface area contributed by atoms with E-state index in [1.807, 2.05) is 24.3 Å². The standard InChI is InChI=1S/C34H40FN5O6/c1-38(44-3)33(41)23-7-8-25(27(35)17-23)21-46-32-6-4-5-28(37-32)22-11-14-39(15-12-22)20-31-36-29-10-9-24(34(42)43-2)18-30(29)40(31)19-26-13-16-45-26/h4-10,17-18,22,26,33,41H,11-16,19-21H2,1-3H3/t26-,33?/m0/s1. The van der Waals surface area contributed by atoms with Crippen molar-refractivity contribution in [3.63, 3.8) is 0 Å². The molecule has 11 nitrogen and oxygen atoms in total. The van der Waals surface area contributed by atoms with Crippen LogP contribution in [-0.2, 0) is 34.0 Å². The van der Waals surface area contributed by atoms with E-state index in [0.29, 0.717) is 35.7 Å². The Morgan fingerprint density at radius 2 is 1.91 bits per heavy atom. The summed E-state index contributed by atoms with van der Waals surface area (Å²) in [4.78, 5) is 29.3. The lowest BCUT2D eigenvalue weighted by atomic mass is 9.93. The van der Waals surface area contributed by atoms with Crippen LogP contribution in [0.15, 0.2) is 54.6 Å². The summed E-state index contributed by atoms with van der Waals surface area (Å²) in [6.07, 6.45) is 1.95. The normalized spacial score (nSPS) is 18.1. The summed E-state index contributed by atoms with van der Waals surface area (Å²) in [5.74, 6) is 0.845. The Morgan fingerprint density at radius 3 is 2.61 bits per heavy atom. The van der Waals surface area contributed by atoms with Crippen LogP contribution in [0.4, 0.5) is 4.39 Å². The third-order valence-corrected chi connectivity index (χ3v) is 8.93. The monoisotopic (exact) mass is 633 g/mol. The van der Waals surface area contributed by atoms with Crippen molar-refractivity contribution in [2.75, 3.05) is 41.0 Å². The molecule has 2 fully saturated rings. The first kappa shape index (κ1) is 32.0. The molecular weight excluding hydrogens is 593 g/mol. The number of piperidine rings is 1. The van der Waals surface area contributed by atoms with Crippen LogP contribution in [0.25, 0.3) is 11.0 Å². The highest BCUT2D eigenvalue weighted by atomic mass is 19.1. The Morgan fingerprint density at radius 1 is 1.11 bits per heavy atom. The van der Waals surface area contributed by atoms with Gasteiger partial charge in [-0.1, -0.05) is 18.2 Å². The lowest BCUT2D eigenvalue weighted by Crippen LogP contribution is -2.35. The summed E-state index contributed by atoms with van der Waals surface area (Å²) in [5, 5.41) is 11.5. The second-order valence-corrected chi connectivity index (χ2v) is 11.8. The SMILES string of the molecule is COC(=O)c1ccc2nc(CN3CCC(c4cccc(OCc5ccc(C(O)N(C)OC)cc5F)n4)CC3)n(C[C@@H]3CCO3)c2c1. The first-order valence-electron chi connectivity index (χ1n) is 15.6. The lowest BCUT2D eigenvalue weighted by molar-refractivity contribution is -0.206. The molecule has 244 valence electrons. The van der Waals surface area contributed by atoms with Gasteiger partial charge in [0.15, 0.2) is 6.23 Å². The first-order valence-corrected chi connectivity index (χ1v) is 15.6. The highest BCUT2D eigenvalue weighted by Gasteiger charge is 2.26. The number of fused-ring (bicyclic) bond motifs is 1. The van der Waals surface area contributed by atoms with E-state index in [1.165, 1.54) is 25.3 Å². The summed E-state index contributed by atoms with van der Waals surface area (Å²) >= 11 is 0. The quantitative estimate of drug-likeness (QED) is 0.135. The zero-order chi connectivity index (χ0) is 32.2. The van der Waals surface area contributed by atoms with Crippen LogP contribution in [0.3, 0.4) is 0 Å². The molecule has 0 radical (unpaired) electrons. The maximum atomic E-state index is 14.8. The van der Waals surface area contributed by atoms with E-state index in [0.717, 1.165) is 61.5 Å². The van der Waals surface area contributed by atoms with Crippen LogP contribution in [0, 0.1) is 5.82 Å². The minimum Gasteiger partial charge on any atom is -0.473 e. The highest BCUT2D eigenvalue weighted by molar-refractivity contribution is 5.93. The molecule has 2 saturated heterocycles. The maximum absolute atomic E-state index is 14.8. The zero-order valence-electron chi connectivity index (χ0n) is 26.4. The number of aliphatic hydroxyl groups is 1. The van der Waals surface area contributed by atoms with Crippen molar-refractivity contribution in [2.45, 2.75) is 57.2 Å². The number of rotatable bonds is 12. The predicted molar refractivity (Wildman–Crippen MR) is 167 cm³/mol. The third-order valence-electron chi connectivity index (χ3n) is 8.93. The van der Waals surface area contributed by atoms with E-state index < -0.39 is 12.0 Å². The number of hydroxylamine groups is 2. The largest absolute Gasteiger partial charge is 0.473 e. The van der Waals surface area contributed by atoms with Gasteiger partial charge >= 0.3 is 5.97 Å². The van der Waals surface area contributed by atoms with E-state index >= 15 is 0 Å². The van der Waals surface area contributed by atoms with Gasteiger partial charge in [-0.05, 0) is 62.7 Å². The van der Waals surface area contributed by atoms with Gasteiger partial charge in [0.2, 0.25) is 5.88 Å². The van der Waals surface area contributed by atoms with Crippen molar-refractivity contribution < 1.29 is 33.3 Å². The lowest BCUT2D eigenvalue weighted by Gasteiger charge is -2.32. The number of aromatic nitrogens is 3. The molecule has 4 aromatic rings. The molecule has 0 aliphatic carbocycles. The number of likely N-dealkylation sites (tertiary alicyclic amines) is 1. The number of esters is 1. The molecule has 46 heavy (non-hydrogen) atoms. The fourth-order valence-electron chi connectivity index (χ4n) is 6.00. The molecule has 0 spiro atoms. The molecular formula is C34H40FN5O6. The van der Waals surface area contributed by atoms with Gasteiger partial charge in [-0.3, -0.25) is 9.74 Å². The molecule has 12 heteroatoms. The molecule has 0 saturated carbocycles. The summed E-state index contributed by atoms with van der Waals surface area (Å²) in [6.45, 7) is 3.96. The van der Waals surface area contributed by atoms with Crippen molar-refractivity contribution >= 4 is 17.0 Å². The summed E-state index contributed by atoms with van der Waals surface area (Å²) in [6, 6.07) is 15.8. The van der Waals surface area contributed by atoms with Crippen LogP contribution in [0.2, 0.25) is 0 Å². The number of halogens is 1. The number of pyridine rings is 1. The molecule has 4 heterocycles. The van der Waals surface area contributed by atoms with Crippen molar-refractivity contribution in [3.05, 3.63) is 88.6 Å². The molecule has 1 unspecified atom stereocenters. The van der Waals surface area contributed by atoms with Crippen molar-refractivity contribution in [2.24, 2.45) is 0 Å². The first-order chi connectivity index (χ1) is 22.3. The number of carbonyl (C=O) groups is 1. The summed E-state index contributed by atoms with van der Waals surface area (Å²) in [5.41, 5.74) is 3.98. The third kappa shape index (κ3) is 7.06. The number of nitrogens with zero attached hydrogens (tertiary/aromatic N) is 5. The number of carbonyl (C=O) groups excluding carboxylic acids is 1. The molecule has 0 bridgehead atoms. The molecule has 2 aromatic carbocycles. The van der Waals surface area contributed by atoms with Crippen LogP contribution in [0.1, 0.15) is 64.4 Å². The number of benzene rings is 2. The number of hydrogen-bond acceptors (Lipinski definition) is 10. The van der Waals surface area contributed by atoms with E-state index in [9.17, 15) is 14.3 Å². The number of ether oxygens (including phenoxy) is 3. The average molecular weight is 634 g/mol. The van der Waals surface area contributed by atoms with E-state index in [2.05, 4.69) is 9.47 Å². The van der Waals surface area contributed by atoms with Gasteiger partial charge in [-0.25, -0.2) is 19.2 Å². The number of aliphatic hydroxyl groups excluding tert-OH is 1. The second-order valence-electron chi connectivity index (χ2n) is 11.8. The van der Waals surface area contributed by atoms with Gasteiger partial charge in [0.25, 0.3) is 0 Å². The van der Waals surface area contributed by atoms with Crippen molar-refractivity contribution in [3.8, 4) is 5.88 Å². The molecule has 1 N–H and O–H groups in total. The predicted octanol–water partition coefficient (Wildman–Crippen LogP) is 4.59. The van der Waals surface area contributed by atoms with Crippen LogP contribution >= 0.6 is 0 Å². The van der Waals surface area contributed by atoms with Gasteiger partial charge in [-0.15, -0.1) is 0 Å². The summed E-state index contributed by atoms with van der Waals surface area (Å²) < 4.78 is 33.5. The molecule has 2 aliphatic heterocycles. The van der Waals surface area contributed by atoms with Crippen LogP contribution < -0.4 is 4.74 Å². The van der Waals surface area contributed by atoms with Crippen LogP contribution in [-0.4, -0.2) is 82.6 Å². The highest BCUT2D eigenvalue weighted by Crippen LogP contribution is 2.30. The smallest absolute Gasteiger partial charge is 0.337 e. The number of hydrogen-bond donors (Lipinski definition) is 1. The van der Waals surface area contributed by atoms with Crippen LogP contribution in [0.5, 0.6) is 5.88 Å². The summed E-state index contributed by atoms with van der Waals surface area (Å²) in [7, 11) is 4.39. The average Bonchev–Trinajstić information content (AvgIpc) is 3.40. The van der Waals surface area contributed by atoms with Gasteiger partial charge in [0, 0.05) is 42.5 Å². The maximum Gasteiger partial charge on any atom is 0.337 e. The van der Waals surface area contributed by atoms with Gasteiger partial charge in [0.1, 0.15) is 18.2 Å². The topological polar surface area (TPSA) is 111 Å². The second kappa shape index (κ2) is 14.2. The zero-order valence-corrected chi connectivity index (χ0v) is 26.4. The van der Waals surface area contributed by atoms with Gasteiger partial charge in [-0.2, -0.15) is 5.06 Å². The Kier molecular flexibility index (Phi) is 9.90. The molecule has 2 atom stereocenters. The Bertz CT molecular complexity index is 1670. The Hall–Kier alpha value is -3.94. The van der Waals surface area contributed by atoms with E-state index in [4.69, 9.17) is 29.0 Å². The minimum absolute atomic E-state index is 0.0191. The molecule has 2 aliphatic rings. The molecule has 2 aromatic heterocycles. The fraction of sp³-hybridized carbons (Fsp3) is 0.441. The molecule has 0 amide bonds. The minimum atomic E-state index is -1.08. The van der Waals surface area contributed by atoms with Crippen molar-refractivity contribution in [1.29, 1.82) is 0 Å². The number of methoxy groups -OCH3 is 1. The molecule has 6 rings (SSSR count). The fourth-order valence-corrected chi connectivity index (χ4v) is 6.00.